The summed E-state index contributed by atoms with van der Waals surface area (Å²) in [5.74, 6) is 0.906. The van der Waals surface area contributed by atoms with Crippen molar-refractivity contribution >= 4 is 10.1 Å². The van der Waals surface area contributed by atoms with Gasteiger partial charge in [-0.1, -0.05) is 38.0 Å². The number of aryl methyl sites for hydroxylation is 1. The molecule has 0 saturated heterocycles. The average Bonchev–Trinajstić information content (AvgIpc) is 2.92. The first kappa shape index (κ1) is 18.9. The topological polar surface area (TPSA) is 63.6 Å². The molecule has 2 fully saturated rings. The molecule has 4 nitrogen and oxygen atoms in total. The van der Waals surface area contributed by atoms with Crippen LogP contribution < -0.4 is 0 Å². The van der Waals surface area contributed by atoms with Crippen LogP contribution in [0.3, 0.4) is 0 Å². The highest BCUT2D eigenvalue weighted by Crippen LogP contribution is 2.57. The summed E-state index contributed by atoms with van der Waals surface area (Å²) < 4.78 is 30.2. The lowest BCUT2D eigenvalue weighted by atomic mass is 9.62. The van der Waals surface area contributed by atoms with Crippen molar-refractivity contribution in [1.29, 1.82) is 0 Å². The molecular weight excluding hydrogens is 336 g/mol. The first-order valence-corrected chi connectivity index (χ1v) is 10.8. The molecule has 140 valence electrons. The van der Waals surface area contributed by atoms with Crippen LogP contribution in [0.15, 0.2) is 29.2 Å². The van der Waals surface area contributed by atoms with Gasteiger partial charge >= 0.3 is 0 Å². The fourth-order valence-electron chi connectivity index (χ4n) is 5.21. The molecule has 0 spiro atoms. The Balaban J connectivity index is 1.66. The molecule has 2 aliphatic rings. The summed E-state index contributed by atoms with van der Waals surface area (Å²) in [6, 6.07) is 6.76. The molecule has 2 aliphatic carbocycles. The smallest absolute Gasteiger partial charge is 0.296 e. The van der Waals surface area contributed by atoms with E-state index in [-0.39, 0.29) is 28.9 Å². The van der Waals surface area contributed by atoms with Crippen molar-refractivity contribution in [3.8, 4) is 0 Å². The van der Waals surface area contributed by atoms with Gasteiger partial charge in [0, 0.05) is 0 Å². The van der Waals surface area contributed by atoms with Crippen LogP contribution in [0.5, 0.6) is 0 Å². The predicted molar refractivity (Wildman–Crippen MR) is 97.7 cm³/mol. The molecule has 3 rings (SSSR count). The Bertz CT molecular complexity index is 697. The Morgan fingerprint density at radius 1 is 1.24 bits per heavy atom. The van der Waals surface area contributed by atoms with Crippen molar-refractivity contribution in [3.05, 3.63) is 29.8 Å². The van der Waals surface area contributed by atoms with E-state index in [2.05, 4.69) is 13.8 Å². The molecule has 2 saturated carbocycles. The quantitative estimate of drug-likeness (QED) is 0.803. The van der Waals surface area contributed by atoms with E-state index in [0.29, 0.717) is 11.8 Å². The molecular formula is C20H30O4S. The third-order valence-electron chi connectivity index (χ3n) is 6.65. The van der Waals surface area contributed by atoms with Gasteiger partial charge in [-0.15, -0.1) is 0 Å². The maximum Gasteiger partial charge on any atom is 0.296 e. The number of benzene rings is 1. The van der Waals surface area contributed by atoms with E-state index in [4.69, 9.17) is 4.18 Å². The van der Waals surface area contributed by atoms with Crippen molar-refractivity contribution < 1.29 is 17.7 Å². The van der Waals surface area contributed by atoms with E-state index < -0.39 is 10.1 Å². The highest BCUT2D eigenvalue weighted by Gasteiger charge is 2.52. The largest absolute Gasteiger partial charge is 0.393 e. The van der Waals surface area contributed by atoms with E-state index in [1.54, 1.807) is 24.3 Å². The number of aliphatic hydroxyl groups excluding tert-OH is 1. The average molecular weight is 367 g/mol. The second-order valence-electron chi connectivity index (χ2n) is 8.28. The minimum absolute atomic E-state index is 0.105. The third kappa shape index (κ3) is 3.64. The lowest BCUT2D eigenvalue weighted by molar-refractivity contribution is -0.0307. The van der Waals surface area contributed by atoms with Gasteiger partial charge in [0.15, 0.2) is 0 Å². The van der Waals surface area contributed by atoms with Gasteiger partial charge in [-0.05, 0) is 67.9 Å². The first-order valence-electron chi connectivity index (χ1n) is 9.38. The van der Waals surface area contributed by atoms with E-state index in [1.807, 2.05) is 6.92 Å². The number of hydrogen-bond acceptors (Lipinski definition) is 4. The summed E-state index contributed by atoms with van der Waals surface area (Å²) in [6.45, 7) is 6.50. The third-order valence-corrected chi connectivity index (χ3v) is 7.94. The van der Waals surface area contributed by atoms with Crippen LogP contribution in [0, 0.1) is 30.1 Å². The van der Waals surface area contributed by atoms with Crippen molar-refractivity contribution in [2.75, 3.05) is 6.61 Å². The molecule has 0 amide bonds. The van der Waals surface area contributed by atoms with E-state index >= 15 is 0 Å². The summed E-state index contributed by atoms with van der Waals surface area (Å²) in [5, 5.41) is 10.3. The van der Waals surface area contributed by atoms with Crippen LogP contribution in [0.1, 0.15) is 51.5 Å². The molecule has 0 bridgehead atoms. The maximum atomic E-state index is 12.4. The fraction of sp³-hybridized carbons (Fsp3) is 0.700. The van der Waals surface area contributed by atoms with Gasteiger partial charge in [-0.3, -0.25) is 4.18 Å². The van der Waals surface area contributed by atoms with Crippen molar-refractivity contribution in [1.82, 2.24) is 0 Å². The number of aliphatic hydroxyl groups is 1. The van der Waals surface area contributed by atoms with Gasteiger partial charge in [-0.2, -0.15) is 8.42 Å². The summed E-state index contributed by atoms with van der Waals surface area (Å²) in [4.78, 5) is 0.217. The van der Waals surface area contributed by atoms with Crippen molar-refractivity contribution in [3.63, 3.8) is 0 Å². The monoisotopic (exact) mass is 366 g/mol. The molecule has 1 N–H and O–H groups in total. The molecule has 25 heavy (non-hydrogen) atoms. The van der Waals surface area contributed by atoms with Crippen molar-refractivity contribution in [2.24, 2.45) is 23.2 Å². The van der Waals surface area contributed by atoms with Gasteiger partial charge in [0.1, 0.15) is 0 Å². The minimum Gasteiger partial charge on any atom is -0.393 e. The summed E-state index contributed by atoms with van der Waals surface area (Å²) in [5.41, 5.74) is 1.13. The highest BCUT2D eigenvalue weighted by molar-refractivity contribution is 7.86. The highest BCUT2D eigenvalue weighted by atomic mass is 32.2. The zero-order valence-corrected chi connectivity index (χ0v) is 16.3. The number of hydrogen-bond donors (Lipinski definition) is 1. The molecule has 1 aromatic carbocycles. The fourth-order valence-corrected chi connectivity index (χ4v) is 6.21. The second-order valence-corrected chi connectivity index (χ2v) is 9.90. The van der Waals surface area contributed by atoms with Crippen molar-refractivity contribution in [2.45, 2.75) is 63.9 Å². The van der Waals surface area contributed by atoms with Crippen LogP contribution >= 0.6 is 0 Å². The Morgan fingerprint density at radius 2 is 1.92 bits per heavy atom. The Labute approximate surface area is 151 Å². The van der Waals surface area contributed by atoms with Gasteiger partial charge in [0.05, 0.1) is 17.6 Å². The maximum absolute atomic E-state index is 12.4. The molecule has 0 aromatic heterocycles. The lowest BCUT2D eigenvalue weighted by Crippen LogP contribution is -2.42. The second kappa shape index (κ2) is 7.01. The first-order chi connectivity index (χ1) is 11.7. The van der Waals surface area contributed by atoms with Gasteiger partial charge < -0.3 is 5.11 Å². The minimum atomic E-state index is -3.71. The standard InChI is InChI=1S/C20H30O4S/c1-14-6-8-16(9-7-14)25(22,23)24-13-15(2)17-10-11-18-19(21)5-4-12-20(17,18)3/h6-9,15,17-19,21H,4-5,10-13H2,1-3H3/t15-,17?,18+,19+,20-/m1/s1. The zero-order chi connectivity index (χ0) is 18.2. The van der Waals surface area contributed by atoms with Gasteiger partial charge in [0.2, 0.25) is 0 Å². The molecule has 0 radical (unpaired) electrons. The SMILES string of the molecule is Cc1ccc(S(=O)(=O)OC[C@@H](C)C2CC[C@H]3[C@@H](O)CCC[C@]23C)cc1. The molecule has 0 aliphatic heterocycles. The lowest BCUT2D eigenvalue weighted by Gasteiger charge is -2.45. The van der Waals surface area contributed by atoms with Gasteiger partial charge in [0.25, 0.3) is 10.1 Å². The van der Waals surface area contributed by atoms with Gasteiger partial charge in [-0.25, -0.2) is 0 Å². The van der Waals surface area contributed by atoms with E-state index in [1.165, 1.54) is 0 Å². The van der Waals surface area contributed by atoms with E-state index in [9.17, 15) is 13.5 Å². The zero-order valence-electron chi connectivity index (χ0n) is 15.4. The van der Waals surface area contributed by atoms with Crippen LogP contribution in [0.4, 0.5) is 0 Å². The molecule has 1 unspecified atom stereocenters. The summed E-state index contributed by atoms with van der Waals surface area (Å²) in [7, 11) is -3.71. The number of rotatable bonds is 5. The van der Waals surface area contributed by atoms with Crippen LogP contribution in [-0.4, -0.2) is 26.2 Å². The van der Waals surface area contributed by atoms with E-state index in [0.717, 1.165) is 37.7 Å². The molecule has 5 heteroatoms. The summed E-state index contributed by atoms with van der Waals surface area (Å²) in [6.07, 6.45) is 4.96. The van der Waals surface area contributed by atoms with Crippen LogP contribution in [0.2, 0.25) is 0 Å². The molecule has 1 aromatic rings. The summed E-state index contributed by atoms with van der Waals surface area (Å²) >= 11 is 0. The normalized spacial score (nSPS) is 33.8. The van der Waals surface area contributed by atoms with Crippen LogP contribution in [-0.2, 0) is 14.3 Å². The predicted octanol–water partition coefficient (Wildman–Crippen LogP) is 3.91. The Kier molecular flexibility index (Phi) is 5.29. The number of fused-ring (bicyclic) bond motifs is 1. The molecule has 0 heterocycles. The van der Waals surface area contributed by atoms with Crippen LogP contribution in [0.25, 0.3) is 0 Å². The molecule has 5 atom stereocenters. The Morgan fingerprint density at radius 3 is 2.60 bits per heavy atom. The Hall–Kier alpha value is -0.910.